The highest BCUT2D eigenvalue weighted by Gasteiger charge is 2.18. The van der Waals surface area contributed by atoms with Crippen LogP contribution in [0, 0.1) is 5.82 Å². The van der Waals surface area contributed by atoms with Crippen LogP contribution in [0.2, 0.25) is 0 Å². The van der Waals surface area contributed by atoms with E-state index < -0.39 is 23.9 Å². The van der Waals surface area contributed by atoms with Gasteiger partial charge in [-0.3, -0.25) is 4.79 Å². The van der Waals surface area contributed by atoms with Gasteiger partial charge in [0.2, 0.25) is 5.91 Å². The number of anilines is 1. The predicted molar refractivity (Wildman–Crippen MR) is 72.4 cm³/mol. The van der Waals surface area contributed by atoms with Crippen LogP contribution in [0.4, 0.5) is 14.9 Å². The molecule has 1 aromatic carbocycles. The van der Waals surface area contributed by atoms with E-state index >= 15 is 0 Å². The maximum Gasteiger partial charge on any atom is 0.405 e. The lowest BCUT2D eigenvalue weighted by Crippen LogP contribution is -2.45. The number of carboxylic acid groups (broad SMARTS) is 1. The van der Waals surface area contributed by atoms with Gasteiger partial charge < -0.3 is 21.5 Å². The fourth-order valence-electron chi connectivity index (χ4n) is 1.58. The fourth-order valence-corrected chi connectivity index (χ4v) is 1.58. The van der Waals surface area contributed by atoms with Crippen LogP contribution in [0.15, 0.2) is 30.9 Å². The molecule has 0 saturated heterocycles. The number of halogens is 1. The normalized spacial score (nSPS) is 11.4. The molecule has 0 aromatic heterocycles. The first kappa shape index (κ1) is 15.5. The SMILES string of the molecule is C=CCC(NC(=O)O)C(=O)NCc1cc(F)ccc1N. The molecule has 0 aliphatic rings. The molecule has 1 unspecified atom stereocenters. The Balaban J connectivity index is 2.66. The zero-order valence-corrected chi connectivity index (χ0v) is 10.7. The van der Waals surface area contributed by atoms with Gasteiger partial charge >= 0.3 is 6.09 Å². The van der Waals surface area contributed by atoms with Crippen molar-refractivity contribution in [1.82, 2.24) is 10.6 Å². The second-order valence-electron chi connectivity index (χ2n) is 4.09. The number of rotatable bonds is 6. The van der Waals surface area contributed by atoms with Gasteiger partial charge in [-0.2, -0.15) is 0 Å². The Kier molecular flexibility index (Phi) is 5.52. The largest absolute Gasteiger partial charge is 0.465 e. The molecule has 0 aliphatic heterocycles. The number of hydrogen-bond acceptors (Lipinski definition) is 3. The topological polar surface area (TPSA) is 104 Å². The first-order valence-corrected chi connectivity index (χ1v) is 5.86. The monoisotopic (exact) mass is 281 g/mol. The highest BCUT2D eigenvalue weighted by atomic mass is 19.1. The molecule has 0 radical (unpaired) electrons. The molecule has 0 saturated carbocycles. The van der Waals surface area contributed by atoms with Crippen molar-refractivity contribution in [3.8, 4) is 0 Å². The minimum Gasteiger partial charge on any atom is -0.465 e. The van der Waals surface area contributed by atoms with E-state index in [1.807, 2.05) is 0 Å². The number of carbonyl (C=O) groups excluding carboxylic acids is 1. The van der Waals surface area contributed by atoms with Crippen LogP contribution in [0.1, 0.15) is 12.0 Å². The van der Waals surface area contributed by atoms with Gasteiger partial charge in [0.1, 0.15) is 11.9 Å². The molecule has 0 fully saturated rings. The maximum absolute atomic E-state index is 13.1. The minimum atomic E-state index is -1.31. The first-order valence-electron chi connectivity index (χ1n) is 5.86. The van der Waals surface area contributed by atoms with Gasteiger partial charge in [0.05, 0.1) is 0 Å². The van der Waals surface area contributed by atoms with Gasteiger partial charge in [-0.05, 0) is 30.2 Å². The summed E-state index contributed by atoms with van der Waals surface area (Å²) >= 11 is 0. The summed E-state index contributed by atoms with van der Waals surface area (Å²) in [7, 11) is 0. The Bertz CT molecular complexity index is 520. The van der Waals surface area contributed by atoms with E-state index in [1.54, 1.807) is 0 Å². The van der Waals surface area contributed by atoms with Gasteiger partial charge in [-0.25, -0.2) is 9.18 Å². The number of nitrogens with one attached hydrogen (secondary N) is 2. The summed E-state index contributed by atoms with van der Waals surface area (Å²) in [4.78, 5) is 22.4. The molecule has 0 spiro atoms. The summed E-state index contributed by atoms with van der Waals surface area (Å²) in [5, 5.41) is 13.2. The molecule has 6 nitrogen and oxygen atoms in total. The third kappa shape index (κ3) is 4.60. The van der Waals surface area contributed by atoms with Crippen molar-refractivity contribution in [3.63, 3.8) is 0 Å². The van der Waals surface area contributed by atoms with Crippen LogP contribution in [0.5, 0.6) is 0 Å². The van der Waals surface area contributed by atoms with E-state index in [-0.39, 0.29) is 13.0 Å². The van der Waals surface area contributed by atoms with E-state index in [4.69, 9.17) is 10.8 Å². The van der Waals surface area contributed by atoms with E-state index in [0.717, 1.165) is 0 Å². The molecule has 1 rings (SSSR count). The number of nitrogens with two attached hydrogens (primary N) is 1. The van der Waals surface area contributed by atoms with E-state index in [2.05, 4.69) is 17.2 Å². The maximum atomic E-state index is 13.1. The van der Waals surface area contributed by atoms with Crippen molar-refractivity contribution in [3.05, 3.63) is 42.2 Å². The molecule has 7 heteroatoms. The molecule has 0 bridgehead atoms. The predicted octanol–water partition coefficient (Wildman–Crippen LogP) is 1.24. The minimum absolute atomic E-state index is 0.0113. The number of hydrogen-bond donors (Lipinski definition) is 4. The molecule has 1 aromatic rings. The van der Waals surface area contributed by atoms with Gasteiger partial charge in [0, 0.05) is 12.2 Å². The van der Waals surface area contributed by atoms with Gasteiger partial charge in [0.15, 0.2) is 0 Å². The molecule has 20 heavy (non-hydrogen) atoms. The number of carbonyl (C=O) groups is 2. The highest BCUT2D eigenvalue weighted by molar-refractivity contribution is 5.85. The Morgan fingerprint density at radius 1 is 1.50 bits per heavy atom. The van der Waals surface area contributed by atoms with Crippen molar-refractivity contribution in [2.24, 2.45) is 0 Å². The van der Waals surface area contributed by atoms with E-state index in [9.17, 15) is 14.0 Å². The summed E-state index contributed by atoms with van der Waals surface area (Å²) in [5.74, 6) is -0.995. The average molecular weight is 281 g/mol. The Morgan fingerprint density at radius 3 is 2.80 bits per heavy atom. The highest BCUT2D eigenvalue weighted by Crippen LogP contribution is 2.13. The summed E-state index contributed by atoms with van der Waals surface area (Å²) < 4.78 is 13.1. The van der Waals surface area contributed by atoms with Crippen molar-refractivity contribution < 1.29 is 19.1 Å². The number of benzene rings is 1. The lowest BCUT2D eigenvalue weighted by atomic mass is 10.1. The zero-order chi connectivity index (χ0) is 15.1. The Hall–Kier alpha value is -2.57. The molecule has 108 valence electrons. The molecular weight excluding hydrogens is 265 g/mol. The summed E-state index contributed by atoms with van der Waals surface area (Å²) in [6.45, 7) is 3.46. The molecule has 0 heterocycles. The Labute approximate surface area is 115 Å². The lowest BCUT2D eigenvalue weighted by molar-refractivity contribution is -0.123. The quantitative estimate of drug-likeness (QED) is 0.465. The van der Waals surface area contributed by atoms with Crippen LogP contribution in [-0.2, 0) is 11.3 Å². The second-order valence-corrected chi connectivity index (χ2v) is 4.09. The van der Waals surface area contributed by atoms with Gasteiger partial charge in [-0.15, -0.1) is 6.58 Å². The van der Waals surface area contributed by atoms with Crippen LogP contribution >= 0.6 is 0 Å². The molecular formula is C13H16FN3O3. The first-order chi connectivity index (χ1) is 9.43. The molecule has 5 N–H and O–H groups in total. The van der Waals surface area contributed by atoms with Crippen molar-refractivity contribution >= 4 is 17.7 Å². The summed E-state index contributed by atoms with van der Waals surface area (Å²) in [6.07, 6.45) is 0.269. The number of amides is 2. The van der Waals surface area contributed by atoms with Crippen molar-refractivity contribution in [2.45, 2.75) is 19.0 Å². The van der Waals surface area contributed by atoms with Crippen molar-refractivity contribution in [1.29, 1.82) is 0 Å². The van der Waals surface area contributed by atoms with Crippen LogP contribution in [0.3, 0.4) is 0 Å². The third-order valence-electron chi connectivity index (χ3n) is 2.57. The van der Waals surface area contributed by atoms with Gasteiger partial charge in [0.25, 0.3) is 0 Å². The summed E-state index contributed by atoms with van der Waals surface area (Å²) in [6, 6.07) is 2.88. The smallest absolute Gasteiger partial charge is 0.405 e. The lowest BCUT2D eigenvalue weighted by Gasteiger charge is -2.15. The second kappa shape index (κ2) is 7.13. The Morgan fingerprint density at radius 2 is 2.20 bits per heavy atom. The third-order valence-corrected chi connectivity index (χ3v) is 2.57. The van der Waals surface area contributed by atoms with Gasteiger partial charge in [-0.1, -0.05) is 6.08 Å². The fraction of sp³-hybridized carbons (Fsp3) is 0.231. The zero-order valence-electron chi connectivity index (χ0n) is 10.7. The van der Waals surface area contributed by atoms with E-state index in [0.29, 0.717) is 11.3 Å². The standard InChI is InChI=1S/C13H16FN3O3/c1-2-3-11(17-13(19)20)12(18)16-7-8-6-9(14)4-5-10(8)15/h2,4-6,11,17H,1,3,7,15H2,(H,16,18)(H,19,20). The van der Waals surface area contributed by atoms with Crippen LogP contribution in [0.25, 0.3) is 0 Å². The molecule has 2 amide bonds. The summed E-state index contributed by atoms with van der Waals surface area (Å²) in [5.41, 5.74) is 6.42. The molecule has 0 aliphatic carbocycles. The molecule has 1 atom stereocenters. The van der Waals surface area contributed by atoms with Crippen LogP contribution < -0.4 is 16.4 Å². The van der Waals surface area contributed by atoms with Crippen LogP contribution in [-0.4, -0.2) is 23.1 Å². The van der Waals surface area contributed by atoms with E-state index in [1.165, 1.54) is 24.3 Å². The van der Waals surface area contributed by atoms with Crippen molar-refractivity contribution in [2.75, 3.05) is 5.73 Å². The number of nitrogen functional groups attached to an aromatic ring is 1. The average Bonchev–Trinajstić information content (AvgIpc) is 2.38.